The van der Waals surface area contributed by atoms with E-state index in [4.69, 9.17) is 6.42 Å². The summed E-state index contributed by atoms with van der Waals surface area (Å²) in [4.78, 5) is 22.8. The largest absolute Gasteiger partial charge is 0.481 e. The maximum atomic E-state index is 11.5. The van der Waals surface area contributed by atoms with Crippen LogP contribution < -0.4 is 10.6 Å². The van der Waals surface area contributed by atoms with Crippen molar-refractivity contribution in [3.8, 4) is 12.3 Å². The second-order valence-electron chi connectivity index (χ2n) is 4.74. The molecule has 3 N–H and O–H groups in total. The third-order valence-corrected chi connectivity index (χ3v) is 3.45. The number of carboxylic acids is 1. The number of aliphatic carboxylic acids is 1. The fourth-order valence-corrected chi connectivity index (χ4v) is 2.31. The molecule has 1 aliphatic carbocycles. The minimum atomic E-state index is -0.818. The molecule has 0 aromatic rings. The highest BCUT2D eigenvalue weighted by Gasteiger charge is 2.38. The summed E-state index contributed by atoms with van der Waals surface area (Å²) >= 11 is 0. The quantitative estimate of drug-likeness (QED) is 0.522. The topological polar surface area (TPSA) is 78.4 Å². The van der Waals surface area contributed by atoms with Gasteiger partial charge in [-0.3, -0.25) is 4.79 Å². The van der Waals surface area contributed by atoms with Crippen LogP contribution in [0.5, 0.6) is 0 Å². The van der Waals surface area contributed by atoms with E-state index in [1.807, 2.05) is 0 Å². The van der Waals surface area contributed by atoms with Gasteiger partial charge in [-0.05, 0) is 12.8 Å². The number of hydrogen-bond donors (Lipinski definition) is 3. The van der Waals surface area contributed by atoms with Crippen molar-refractivity contribution in [2.75, 3.05) is 13.1 Å². The fraction of sp³-hybridized carbons (Fsp3) is 0.692. The molecule has 0 saturated heterocycles. The normalized spacial score (nSPS) is 18.2. The molecule has 1 rings (SSSR count). The number of carboxylic acid groups (broad SMARTS) is 1. The average Bonchev–Trinajstić information content (AvgIpc) is 2.60. The molecule has 0 radical (unpaired) electrons. The zero-order valence-electron chi connectivity index (χ0n) is 10.5. The van der Waals surface area contributed by atoms with Crippen LogP contribution in [0.2, 0.25) is 0 Å². The van der Waals surface area contributed by atoms with Crippen LogP contribution in [0.25, 0.3) is 0 Å². The molecule has 5 heteroatoms. The van der Waals surface area contributed by atoms with Gasteiger partial charge in [-0.1, -0.05) is 31.6 Å². The Morgan fingerprint density at radius 2 is 1.78 bits per heavy atom. The molecule has 5 nitrogen and oxygen atoms in total. The molecule has 0 heterocycles. The molecule has 1 fully saturated rings. The van der Waals surface area contributed by atoms with Crippen LogP contribution in [0.1, 0.15) is 38.5 Å². The van der Waals surface area contributed by atoms with Gasteiger partial charge in [0.05, 0.1) is 12.0 Å². The molecule has 1 aliphatic rings. The van der Waals surface area contributed by atoms with Crippen molar-refractivity contribution in [1.29, 1.82) is 0 Å². The van der Waals surface area contributed by atoms with Crippen molar-refractivity contribution < 1.29 is 14.7 Å². The summed E-state index contributed by atoms with van der Waals surface area (Å²) in [6.45, 7) is 0.310. The lowest BCUT2D eigenvalue weighted by molar-refractivity contribution is -0.149. The Kier molecular flexibility index (Phi) is 5.50. The van der Waals surface area contributed by atoms with Gasteiger partial charge in [0, 0.05) is 6.54 Å². The van der Waals surface area contributed by atoms with E-state index >= 15 is 0 Å². The second-order valence-corrected chi connectivity index (χ2v) is 4.74. The van der Waals surface area contributed by atoms with Crippen LogP contribution in [0.4, 0.5) is 4.79 Å². The van der Waals surface area contributed by atoms with Gasteiger partial charge in [-0.2, -0.15) is 0 Å². The Bertz CT molecular complexity index is 339. The Morgan fingerprint density at radius 3 is 2.28 bits per heavy atom. The van der Waals surface area contributed by atoms with E-state index in [-0.39, 0.29) is 13.1 Å². The maximum absolute atomic E-state index is 11.5. The van der Waals surface area contributed by atoms with Gasteiger partial charge in [0.15, 0.2) is 0 Å². The summed E-state index contributed by atoms with van der Waals surface area (Å²) in [5.74, 6) is 1.47. The molecule has 0 aromatic carbocycles. The molecule has 0 unspecified atom stereocenters. The van der Waals surface area contributed by atoms with Crippen molar-refractivity contribution in [1.82, 2.24) is 10.6 Å². The molecule has 0 atom stereocenters. The van der Waals surface area contributed by atoms with Crippen molar-refractivity contribution in [2.24, 2.45) is 5.41 Å². The summed E-state index contributed by atoms with van der Waals surface area (Å²) in [5.41, 5.74) is -0.815. The minimum Gasteiger partial charge on any atom is -0.481 e. The van der Waals surface area contributed by atoms with E-state index in [1.165, 1.54) is 0 Å². The van der Waals surface area contributed by atoms with Gasteiger partial charge in [-0.15, -0.1) is 6.42 Å². The van der Waals surface area contributed by atoms with E-state index in [0.29, 0.717) is 12.8 Å². The SMILES string of the molecule is C#CCNC(=O)NCC1(C(=O)O)CCCCCC1. The number of carbonyl (C=O) groups is 2. The highest BCUT2D eigenvalue weighted by atomic mass is 16.4. The lowest BCUT2D eigenvalue weighted by atomic mass is 9.80. The van der Waals surface area contributed by atoms with Gasteiger partial charge in [0.1, 0.15) is 0 Å². The highest BCUT2D eigenvalue weighted by Crippen LogP contribution is 2.34. The molecule has 0 aliphatic heterocycles. The maximum Gasteiger partial charge on any atom is 0.315 e. The summed E-state index contributed by atoms with van der Waals surface area (Å²) in [6.07, 6.45) is 10.2. The Morgan fingerprint density at radius 1 is 1.17 bits per heavy atom. The van der Waals surface area contributed by atoms with E-state index in [9.17, 15) is 14.7 Å². The van der Waals surface area contributed by atoms with Gasteiger partial charge < -0.3 is 15.7 Å². The Balaban J connectivity index is 2.54. The van der Waals surface area contributed by atoms with Crippen LogP contribution in [0.3, 0.4) is 0 Å². The Labute approximate surface area is 107 Å². The average molecular weight is 252 g/mol. The number of rotatable bonds is 4. The summed E-state index contributed by atoms with van der Waals surface area (Å²) in [7, 11) is 0. The predicted molar refractivity (Wildman–Crippen MR) is 68.0 cm³/mol. The van der Waals surface area contributed by atoms with Crippen LogP contribution >= 0.6 is 0 Å². The standard InChI is InChI=1S/C13H20N2O3/c1-2-9-14-12(18)15-10-13(11(16)17)7-5-3-4-6-8-13/h1H,3-10H2,(H,16,17)(H2,14,15,18). The number of amides is 2. The zero-order valence-corrected chi connectivity index (χ0v) is 10.5. The van der Waals surface area contributed by atoms with Gasteiger partial charge in [0.2, 0.25) is 0 Å². The molecule has 0 bridgehead atoms. The van der Waals surface area contributed by atoms with Crippen molar-refractivity contribution in [2.45, 2.75) is 38.5 Å². The lowest BCUT2D eigenvalue weighted by Crippen LogP contribution is -2.46. The first-order chi connectivity index (χ1) is 8.60. The van der Waals surface area contributed by atoms with Crippen LogP contribution in [-0.4, -0.2) is 30.2 Å². The summed E-state index contributed by atoms with van der Waals surface area (Å²) in [5, 5.41) is 14.5. The number of terminal acetylenes is 1. The van der Waals surface area contributed by atoms with Gasteiger partial charge in [-0.25, -0.2) is 4.79 Å². The predicted octanol–water partition coefficient (Wildman–Crippen LogP) is 1.34. The van der Waals surface area contributed by atoms with Crippen molar-refractivity contribution in [3.63, 3.8) is 0 Å². The first-order valence-corrected chi connectivity index (χ1v) is 6.29. The molecule has 0 spiro atoms. The van der Waals surface area contributed by atoms with Crippen molar-refractivity contribution in [3.05, 3.63) is 0 Å². The monoisotopic (exact) mass is 252 g/mol. The van der Waals surface area contributed by atoms with E-state index in [2.05, 4.69) is 16.6 Å². The fourth-order valence-electron chi connectivity index (χ4n) is 2.31. The zero-order chi connectivity index (χ0) is 13.4. The molecule has 18 heavy (non-hydrogen) atoms. The lowest BCUT2D eigenvalue weighted by Gasteiger charge is -2.28. The van der Waals surface area contributed by atoms with Gasteiger partial charge >= 0.3 is 12.0 Å². The molecular weight excluding hydrogens is 232 g/mol. The first-order valence-electron chi connectivity index (χ1n) is 6.29. The van der Waals surface area contributed by atoms with Crippen molar-refractivity contribution >= 4 is 12.0 Å². The van der Waals surface area contributed by atoms with Crippen LogP contribution in [-0.2, 0) is 4.79 Å². The summed E-state index contributed by atoms with van der Waals surface area (Å²) in [6, 6.07) is -0.405. The first kappa shape index (κ1) is 14.4. The molecule has 100 valence electrons. The molecule has 2 amide bonds. The highest BCUT2D eigenvalue weighted by molar-refractivity contribution is 5.78. The minimum absolute atomic E-state index is 0.145. The molecule has 0 aromatic heterocycles. The van der Waals surface area contributed by atoms with E-state index < -0.39 is 17.4 Å². The van der Waals surface area contributed by atoms with E-state index in [0.717, 1.165) is 25.7 Å². The number of urea groups is 1. The van der Waals surface area contributed by atoms with Crippen LogP contribution in [0.15, 0.2) is 0 Å². The van der Waals surface area contributed by atoms with E-state index in [1.54, 1.807) is 0 Å². The summed E-state index contributed by atoms with van der Waals surface area (Å²) < 4.78 is 0. The second kappa shape index (κ2) is 6.90. The molecule has 1 saturated carbocycles. The smallest absolute Gasteiger partial charge is 0.315 e. The number of nitrogens with one attached hydrogen (secondary N) is 2. The van der Waals surface area contributed by atoms with Crippen LogP contribution in [0, 0.1) is 17.8 Å². The van der Waals surface area contributed by atoms with Gasteiger partial charge in [0.25, 0.3) is 0 Å². The third-order valence-electron chi connectivity index (χ3n) is 3.45. The number of hydrogen-bond acceptors (Lipinski definition) is 2. The third kappa shape index (κ3) is 3.95. The molecular formula is C13H20N2O3. The number of carbonyl (C=O) groups excluding carboxylic acids is 1. The Hall–Kier alpha value is -1.70.